The number of carbonyl (C=O) groups is 1. The third-order valence-electron chi connectivity index (χ3n) is 4.76. The van der Waals surface area contributed by atoms with E-state index in [-0.39, 0.29) is 24.2 Å². The summed E-state index contributed by atoms with van der Waals surface area (Å²) in [4.78, 5) is 14.3. The van der Waals surface area contributed by atoms with Crippen molar-refractivity contribution >= 4 is 6.09 Å². The first-order chi connectivity index (χ1) is 10.3. The van der Waals surface area contributed by atoms with Crippen LogP contribution in [0, 0.1) is 5.92 Å². The molecule has 3 atom stereocenters. The first-order valence-corrected chi connectivity index (χ1v) is 7.97. The van der Waals surface area contributed by atoms with E-state index in [0.29, 0.717) is 5.75 Å². The number of ether oxygens (including phenoxy) is 1. The van der Waals surface area contributed by atoms with Crippen LogP contribution in [0.5, 0.6) is 5.75 Å². The Kier molecular flexibility index (Phi) is 4.44. The second-order valence-electron chi connectivity index (χ2n) is 6.10. The smallest absolute Gasteiger partial charge is 0.410 e. The topological polar surface area (TPSA) is 49.8 Å². The lowest BCUT2D eigenvalue weighted by Crippen LogP contribution is -2.50. The summed E-state index contributed by atoms with van der Waals surface area (Å²) in [5, 5.41) is 10.2. The molecule has 1 N–H and O–H groups in total. The maximum absolute atomic E-state index is 12.5. The van der Waals surface area contributed by atoms with Crippen molar-refractivity contribution in [2.75, 3.05) is 6.54 Å². The molecular formula is C17H23NO3. The molecule has 1 aromatic rings. The number of benzene rings is 1. The number of hydrogen-bond donors (Lipinski definition) is 1. The molecule has 1 saturated carbocycles. The number of hydrogen-bond acceptors (Lipinski definition) is 3. The van der Waals surface area contributed by atoms with E-state index in [4.69, 9.17) is 4.74 Å². The minimum atomic E-state index is -0.273. The van der Waals surface area contributed by atoms with Gasteiger partial charge in [0.1, 0.15) is 5.75 Å². The fourth-order valence-corrected chi connectivity index (χ4v) is 3.70. The fourth-order valence-electron chi connectivity index (χ4n) is 3.70. The Labute approximate surface area is 125 Å². The number of para-hydroxylation sites is 1. The molecule has 1 amide bonds. The van der Waals surface area contributed by atoms with Gasteiger partial charge in [-0.1, -0.05) is 24.6 Å². The number of aliphatic hydroxyl groups is 1. The SMILES string of the molecule is O=C(Oc1ccccc1)N1CCCCC1C1CCCC1O. The van der Waals surface area contributed by atoms with Crippen molar-refractivity contribution in [3.8, 4) is 5.75 Å². The summed E-state index contributed by atoms with van der Waals surface area (Å²) in [6, 6.07) is 9.33. The molecule has 4 nitrogen and oxygen atoms in total. The van der Waals surface area contributed by atoms with Gasteiger partial charge in [-0.2, -0.15) is 0 Å². The Morgan fingerprint density at radius 1 is 1.10 bits per heavy atom. The van der Waals surface area contributed by atoms with E-state index in [1.807, 2.05) is 23.1 Å². The number of carbonyl (C=O) groups excluding carboxylic acids is 1. The third-order valence-corrected chi connectivity index (χ3v) is 4.76. The molecule has 0 aromatic heterocycles. The maximum Gasteiger partial charge on any atom is 0.415 e. The summed E-state index contributed by atoms with van der Waals surface area (Å²) in [6.07, 6.45) is 5.52. The molecular weight excluding hydrogens is 266 g/mol. The summed E-state index contributed by atoms with van der Waals surface area (Å²) in [6.45, 7) is 0.736. The molecule has 2 fully saturated rings. The van der Waals surface area contributed by atoms with E-state index >= 15 is 0 Å². The summed E-state index contributed by atoms with van der Waals surface area (Å²) in [7, 11) is 0. The molecule has 1 heterocycles. The van der Waals surface area contributed by atoms with Crippen LogP contribution >= 0.6 is 0 Å². The monoisotopic (exact) mass is 289 g/mol. The predicted molar refractivity (Wildman–Crippen MR) is 80.2 cm³/mol. The summed E-state index contributed by atoms with van der Waals surface area (Å²) >= 11 is 0. The Bertz CT molecular complexity index is 476. The molecule has 0 spiro atoms. The van der Waals surface area contributed by atoms with Crippen molar-refractivity contribution in [2.24, 2.45) is 5.92 Å². The van der Waals surface area contributed by atoms with Gasteiger partial charge in [0.2, 0.25) is 0 Å². The summed E-state index contributed by atoms with van der Waals surface area (Å²) in [5.74, 6) is 0.799. The van der Waals surface area contributed by atoms with Crippen LogP contribution in [0.4, 0.5) is 4.79 Å². The fraction of sp³-hybridized carbons (Fsp3) is 0.588. The molecule has 0 radical (unpaired) electrons. The largest absolute Gasteiger partial charge is 0.415 e. The molecule has 1 aliphatic carbocycles. The van der Waals surface area contributed by atoms with Crippen LogP contribution in [0.25, 0.3) is 0 Å². The third kappa shape index (κ3) is 3.21. The lowest BCUT2D eigenvalue weighted by atomic mass is 9.88. The second-order valence-corrected chi connectivity index (χ2v) is 6.10. The van der Waals surface area contributed by atoms with Gasteiger partial charge in [0.15, 0.2) is 0 Å². The van der Waals surface area contributed by atoms with Crippen molar-refractivity contribution in [3.63, 3.8) is 0 Å². The van der Waals surface area contributed by atoms with Crippen LogP contribution in [-0.2, 0) is 0 Å². The van der Waals surface area contributed by atoms with Crippen LogP contribution in [0.2, 0.25) is 0 Å². The van der Waals surface area contributed by atoms with E-state index in [1.165, 1.54) is 0 Å². The van der Waals surface area contributed by atoms with Crippen LogP contribution in [0.15, 0.2) is 30.3 Å². The van der Waals surface area contributed by atoms with Crippen LogP contribution < -0.4 is 4.74 Å². The maximum atomic E-state index is 12.5. The zero-order valence-electron chi connectivity index (χ0n) is 12.3. The first kappa shape index (κ1) is 14.4. The number of piperidine rings is 1. The number of amides is 1. The zero-order valence-corrected chi connectivity index (χ0v) is 12.3. The Balaban J connectivity index is 1.70. The van der Waals surface area contributed by atoms with Gasteiger partial charge in [0.05, 0.1) is 6.10 Å². The molecule has 114 valence electrons. The quantitative estimate of drug-likeness (QED) is 0.909. The van der Waals surface area contributed by atoms with Crippen LogP contribution in [-0.4, -0.2) is 34.8 Å². The molecule has 3 unspecified atom stereocenters. The van der Waals surface area contributed by atoms with Gasteiger partial charge < -0.3 is 14.7 Å². The van der Waals surface area contributed by atoms with Gasteiger partial charge in [-0.25, -0.2) is 4.79 Å². The van der Waals surface area contributed by atoms with Crippen molar-refractivity contribution in [1.29, 1.82) is 0 Å². The molecule has 0 bridgehead atoms. The van der Waals surface area contributed by atoms with Crippen molar-refractivity contribution in [3.05, 3.63) is 30.3 Å². The number of nitrogens with zero attached hydrogens (tertiary/aromatic N) is 1. The first-order valence-electron chi connectivity index (χ1n) is 7.97. The van der Waals surface area contributed by atoms with E-state index < -0.39 is 0 Å². The minimum absolute atomic E-state index is 0.132. The Morgan fingerprint density at radius 2 is 1.90 bits per heavy atom. The van der Waals surface area contributed by atoms with Gasteiger partial charge in [-0.05, 0) is 44.2 Å². The van der Waals surface area contributed by atoms with Gasteiger partial charge in [-0.3, -0.25) is 0 Å². The average Bonchev–Trinajstić information content (AvgIpc) is 2.94. The highest BCUT2D eigenvalue weighted by Crippen LogP contribution is 2.35. The van der Waals surface area contributed by atoms with E-state index in [0.717, 1.165) is 45.1 Å². The van der Waals surface area contributed by atoms with Crippen molar-refractivity contribution in [1.82, 2.24) is 4.90 Å². The van der Waals surface area contributed by atoms with E-state index in [2.05, 4.69) is 0 Å². The molecule has 4 heteroatoms. The van der Waals surface area contributed by atoms with Gasteiger partial charge >= 0.3 is 6.09 Å². The summed E-state index contributed by atoms with van der Waals surface area (Å²) < 4.78 is 5.48. The zero-order chi connectivity index (χ0) is 14.7. The van der Waals surface area contributed by atoms with Crippen LogP contribution in [0.1, 0.15) is 38.5 Å². The Hall–Kier alpha value is -1.55. The van der Waals surface area contributed by atoms with Gasteiger partial charge in [-0.15, -0.1) is 0 Å². The van der Waals surface area contributed by atoms with Crippen molar-refractivity contribution < 1.29 is 14.6 Å². The normalized spacial score (nSPS) is 29.4. The molecule has 3 rings (SSSR count). The highest BCUT2D eigenvalue weighted by atomic mass is 16.6. The highest BCUT2D eigenvalue weighted by molar-refractivity contribution is 5.71. The lowest BCUT2D eigenvalue weighted by Gasteiger charge is -2.39. The molecule has 1 aliphatic heterocycles. The van der Waals surface area contributed by atoms with Gasteiger partial charge in [0, 0.05) is 18.5 Å². The molecule has 2 aliphatic rings. The Morgan fingerprint density at radius 3 is 2.62 bits per heavy atom. The van der Waals surface area contributed by atoms with E-state index in [1.54, 1.807) is 12.1 Å². The number of likely N-dealkylation sites (tertiary alicyclic amines) is 1. The van der Waals surface area contributed by atoms with E-state index in [9.17, 15) is 9.90 Å². The highest BCUT2D eigenvalue weighted by Gasteiger charge is 2.39. The minimum Gasteiger partial charge on any atom is -0.410 e. The standard InChI is InChI=1S/C17H23NO3/c19-16-11-6-9-14(16)15-10-4-5-12-18(15)17(20)21-13-7-2-1-3-8-13/h1-3,7-8,14-16,19H,4-6,9-12H2. The average molecular weight is 289 g/mol. The lowest BCUT2D eigenvalue weighted by molar-refractivity contribution is 0.0404. The molecule has 1 saturated heterocycles. The second kappa shape index (κ2) is 6.48. The van der Waals surface area contributed by atoms with Gasteiger partial charge in [0.25, 0.3) is 0 Å². The van der Waals surface area contributed by atoms with Crippen LogP contribution in [0.3, 0.4) is 0 Å². The molecule has 21 heavy (non-hydrogen) atoms. The molecule has 1 aromatic carbocycles. The predicted octanol–water partition coefficient (Wildman–Crippen LogP) is 3.20. The number of aliphatic hydroxyl groups excluding tert-OH is 1. The number of rotatable bonds is 2. The van der Waals surface area contributed by atoms with Crippen molar-refractivity contribution in [2.45, 2.75) is 50.7 Å². The summed E-state index contributed by atoms with van der Waals surface area (Å²) in [5.41, 5.74) is 0.